The van der Waals surface area contributed by atoms with E-state index in [4.69, 9.17) is 4.74 Å². The van der Waals surface area contributed by atoms with E-state index in [0.29, 0.717) is 13.2 Å². The smallest absolute Gasteiger partial charge is 0.321 e. The van der Waals surface area contributed by atoms with Gasteiger partial charge in [0.1, 0.15) is 12.4 Å². The highest BCUT2D eigenvalue weighted by molar-refractivity contribution is 5.97. The Morgan fingerprint density at radius 1 is 1.10 bits per heavy atom. The monoisotopic (exact) mass is 399 g/mol. The van der Waals surface area contributed by atoms with Crippen molar-refractivity contribution in [3.05, 3.63) is 30.3 Å². The van der Waals surface area contributed by atoms with Gasteiger partial charge in [-0.1, -0.05) is 18.2 Å². The van der Waals surface area contributed by atoms with Crippen molar-refractivity contribution in [1.82, 2.24) is 15.5 Å². The number of amides is 3. The zero-order valence-electron chi connectivity index (χ0n) is 17.5. The molecule has 1 aromatic carbocycles. The van der Waals surface area contributed by atoms with Crippen LogP contribution in [0, 0.1) is 17.8 Å². The van der Waals surface area contributed by atoms with E-state index >= 15 is 0 Å². The number of ether oxygens (including phenoxy) is 1. The standard InChI is InChI=1S/C23H33N3O3/c1-16(26(2)8-9-29-20-6-4-3-5-7-20)21(27)24-22(28)25-23-13-17-10-18(14-23)12-19(11-17)15-23/h3-7,16-19H,8-15H2,1-2H3,(H2,24,25,27,28). The van der Waals surface area contributed by atoms with Crippen molar-refractivity contribution >= 4 is 11.9 Å². The number of para-hydroxylation sites is 1. The predicted octanol–water partition coefficient (Wildman–Crippen LogP) is 3.18. The lowest BCUT2D eigenvalue weighted by molar-refractivity contribution is -0.124. The van der Waals surface area contributed by atoms with Gasteiger partial charge in [-0.25, -0.2) is 4.79 Å². The largest absolute Gasteiger partial charge is 0.492 e. The lowest BCUT2D eigenvalue weighted by Gasteiger charge is -2.56. The van der Waals surface area contributed by atoms with Crippen LogP contribution in [0.15, 0.2) is 30.3 Å². The molecule has 6 heteroatoms. The fraction of sp³-hybridized carbons (Fsp3) is 0.652. The maximum absolute atomic E-state index is 12.6. The molecule has 6 nitrogen and oxygen atoms in total. The molecular weight excluding hydrogens is 366 g/mol. The lowest BCUT2D eigenvalue weighted by Crippen LogP contribution is -2.62. The Hall–Kier alpha value is -2.08. The van der Waals surface area contributed by atoms with Crippen LogP contribution in [0.5, 0.6) is 5.75 Å². The van der Waals surface area contributed by atoms with E-state index in [1.54, 1.807) is 0 Å². The van der Waals surface area contributed by atoms with Gasteiger partial charge >= 0.3 is 6.03 Å². The fourth-order valence-electron chi connectivity index (χ4n) is 5.97. The number of urea groups is 1. The third kappa shape index (κ3) is 4.74. The summed E-state index contributed by atoms with van der Waals surface area (Å²) in [5, 5.41) is 5.77. The zero-order valence-corrected chi connectivity index (χ0v) is 17.5. The molecule has 5 rings (SSSR count). The van der Waals surface area contributed by atoms with Crippen LogP contribution in [0.1, 0.15) is 45.4 Å². The number of imide groups is 1. The van der Waals surface area contributed by atoms with E-state index in [2.05, 4.69) is 10.6 Å². The first-order valence-corrected chi connectivity index (χ1v) is 10.9. The fourth-order valence-corrected chi connectivity index (χ4v) is 5.97. The van der Waals surface area contributed by atoms with Crippen LogP contribution < -0.4 is 15.4 Å². The Balaban J connectivity index is 1.22. The van der Waals surface area contributed by atoms with E-state index in [-0.39, 0.29) is 17.5 Å². The molecule has 4 fully saturated rings. The second-order valence-corrected chi connectivity index (χ2v) is 9.46. The molecular formula is C23H33N3O3. The van der Waals surface area contributed by atoms with Gasteiger partial charge in [0.15, 0.2) is 0 Å². The first kappa shape index (κ1) is 20.2. The second kappa shape index (κ2) is 8.34. The van der Waals surface area contributed by atoms with Gasteiger partial charge < -0.3 is 10.1 Å². The summed E-state index contributed by atoms with van der Waals surface area (Å²) in [4.78, 5) is 27.0. The Bertz CT molecular complexity index is 701. The van der Waals surface area contributed by atoms with Crippen molar-refractivity contribution in [2.75, 3.05) is 20.2 Å². The number of nitrogens with zero attached hydrogens (tertiary/aromatic N) is 1. The van der Waals surface area contributed by atoms with Crippen molar-refractivity contribution in [2.24, 2.45) is 17.8 Å². The van der Waals surface area contributed by atoms with E-state index in [9.17, 15) is 9.59 Å². The third-order valence-electron chi connectivity index (χ3n) is 7.15. The minimum absolute atomic E-state index is 0.0855. The van der Waals surface area contributed by atoms with Gasteiger partial charge in [0.25, 0.3) is 0 Å². The number of carbonyl (C=O) groups is 2. The summed E-state index contributed by atoms with van der Waals surface area (Å²) in [6, 6.07) is 8.87. The van der Waals surface area contributed by atoms with Crippen molar-refractivity contribution in [3.63, 3.8) is 0 Å². The van der Waals surface area contributed by atoms with Gasteiger partial charge in [-0.15, -0.1) is 0 Å². The van der Waals surface area contributed by atoms with Crippen molar-refractivity contribution < 1.29 is 14.3 Å². The summed E-state index contributed by atoms with van der Waals surface area (Å²) >= 11 is 0. The molecule has 0 aromatic heterocycles. The van der Waals surface area contributed by atoms with Crippen LogP contribution in [0.2, 0.25) is 0 Å². The molecule has 0 heterocycles. The van der Waals surface area contributed by atoms with Crippen molar-refractivity contribution in [1.29, 1.82) is 0 Å². The number of nitrogens with one attached hydrogen (secondary N) is 2. The summed E-state index contributed by atoms with van der Waals surface area (Å²) in [7, 11) is 1.87. The molecule has 1 unspecified atom stereocenters. The van der Waals surface area contributed by atoms with Crippen LogP contribution in [0.3, 0.4) is 0 Å². The van der Waals surface area contributed by atoms with Gasteiger partial charge in [-0.3, -0.25) is 15.0 Å². The minimum atomic E-state index is -0.406. The first-order valence-electron chi connectivity index (χ1n) is 10.9. The predicted molar refractivity (Wildman–Crippen MR) is 112 cm³/mol. The molecule has 3 amide bonds. The topological polar surface area (TPSA) is 70.7 Å². The van der Waals surface area contributed by atoms with Crippen molar-refractivity contribution in [3.8, 4) is 5.75 Å². The molecule has 4 aliphatic carbocycles. The summed E-state index contributed by atoms with van der Waals surface area (Å²) in [6.45, 7) is 2.90. The Morgan fingerprint density at radius 3 is 2.28 bits per heavy atom. The first-order chi connectivity index (χ1) is 13.9. The molecule has 1 atom stereocenters. The highest BCUT2D eigenvalue weighted by Crippen LogP contribution is 2.55. The number of carbonyl (C=O) groups excluding carboxylic acids is 2. The average Bonchev–Trinajstić information content (AvgIpc) is 2.66. The van der Waals surface area contributed by atoms with Gasteiger partial charge in [-0.2, -0.15) is 0 Å². The molecule has 158 valence electrons. The van der Waals surface area contributed by atoms with Gasteiger partial charge in [0.05, 0.1) is 6.04 Å². The Morgan fingerprint density at radius 2 is 1.69 bits per heavy atom. The van der Waals surface area contributed by atoms with Crippen LogP contribution >= 0.6 is 0 Å². The molecule has 4 aliphatic rings. The zero-order chi connectivity index (χ0) is 20.4. The molecule has 0 aliphatic heterocycles. The summed E-state index contributed by atoms with van der Waals surface area (Å²) < 4.78 is 5.69. The quantitative estimate of drug-likeness (QED) is 0.739. The normalized spacial score (nSPS) is 30.8. The van der Waals surface area contributed by atoms with Crippen molar-refractivity contribution in [2.45, 2.75) is 57.0 Å². The van der Waals surface area contributed by atoms with Gasteiger partial charge in [0.2, 0.25) is 5.91 Å². The molecule has 1 aromatic rings. The lowest BCUT2D eigenvalue weighted by atomic mass is 9.53. The number of benzene rings is 1. The molecule has 4 saturated carbocycles. The molecule has 0 spiro atoms. The van der Waals surface area contributed by atoms with Gasteiger partial charge in [-0.05, 0) is 82.4 Å². The highest BCUT2D eigenvalue weighted by Gasteiger charge is 2.51. The summed E-state index contributed by atoms with van der Waals surface area (Å²) in [5.41, 5.74) is -0.0855. The van der Waals surface area contributed by atoms with E-state index < -0.39 is 6.04 Å². The van der Waals surface area contributed by atoms with E-state index in [1.165, 1.54) is 19.3 Å². The number of rotatable bonds is 7. The van der Waals surface area contributed by atoms with Gasteiger partial charge in [0, 0.05) is 12.1 Å². The average molecular weight is 400 g/mol. The van der Waals surface area contributed by atoms with Crippen LogP contribution in [-0.2, 0) is 4.79 Å². The molecule has 29 heavy (non-hydrogen) atoms. The summed E-state index contributed by atoms with van der Waals surface area (Å²) in [6.07, 6.45) is 7.21. The third-order valence-corrected chi connectivity index (χ3v) is 7.15. The van der Waals surface area contributed by atoms with Crippen LogP contribution in [0.25, 0.3) is 0 Å². The Labute approximate surface area is 173 Å². The van der Waals surface area contributed by atoms with E-state index in [1.807, 2.05) is 49.2 Å². The van der Waals surface area contributed by atoms with Crippen LogP contribution in [-0.4, -0.2) is 48.6 Å². The van der Waals surface area contributed by atoms with E-state index in [0.717, 1.165) is 42.8 Å². The molecule has 2 N–H and O–H groups in total. The molecule has 0 saturated heterocycles. The Kier molecular flexibility index (Phi) is 5.81. The van der Waals surface area contributed by atoms with Crippen LogP contribution in [0.4, 0.5) is 4.79 Å². The molecule has 4 bridgehead atoms. The summed E-state index contributed by atoms with van der Waals surface area (Å²) in [5.74, 6) is 2.81. The highest BCUT2D eigenvalue weighted by atomic mass is 16.5. The minimum Gasteiger partial charge on any atom is -0.492 e. The maximum Gasteiger partial charge on any atom is 0.321 e. The molecule has 0 radical (unpaired) electrons. The maximum atomic E-state index is 12.6. The number of hydrogen-bond acceptors (Lipinski definition) is 4. The number of hydrogen-bond donors (Lipinski definition) is 2. The number of likely N-dealkylation sites (N-methyl/N-ethyl adjacent to an activating group) is 1. The second-order valence-electron chi connectivity index (χ2n) is 9.46. The SMILES string of the molecule is CC(C(=O)NC(=O)NC12CC3CC(CC(C3)C1)C2)N(C)CCOc1ccccc1.